The minimum absolute atomic E-state index is 0.560. The van der Waals surface area contributed by atoms with Crippen molar-refractivity contribution in [1.29, 1.82) is 0 Å². The monoisotopic (exact) mass is 627 g/mol. The van der Waals surface area contributed by atoms with Gasteiger partial charge in [-0.15, -0.1) is 0 Å². The van der Waals surface area contributed by atoms with Gasteiger partial charge in [-0.05, 0) is 46.2 Å². The molecule has 0 saturated heterocycles. The first-order valence-electron chi connectivity index (χ1n) is 16.4. The second-order valence-electron chi connectivity index (χ2n) is 12.5. The normalized spacial score (nSPS) is 12.1. The van der Waals surface area contributed by atoms with Gasteiger partial charge in [-0.3, -0.25) is 4.57 Å². The molecule has 0 radical (unpaired) electrons. The SMILES string of the molecule is c1ccc(-c2ccc(-c3nc(-n4c5ccccc5c5c6ccccc6c6c7ccccc7oc6c54)nc4c3oc3ccccc34)cc2)cc1. The number of benzene rings is 7. The summed E-state index contributed by atoms with van der Waals surface area (Å²) in [6.45, 7) is 0. The molecule has 0 aliphatic heterocycles. The van der Waals surface area contributed by atoms with Crippen LogP contribution in [0.2, 0.25) is 0 Å². The van der Waals surface area contributed by atoms with Crippen molar-refractivity contribution in [3.8, 4) is 28.3 Å². The van der Waals surface area contributed by atoms with Crippen LogP contribution in [0.15, 0.2) is 160 Å². The van der Waals surface area contributed by atoms with Gasteiger partial charge in [0.2, 0.25) is 5.95 Å². The summed E-state index contributed by atoms with van der Waals surface area (Å²) in [5, 5.41) is 7.69. The first-order chi connectivity index (χ1) is 24.3. The Hall–Kier alpha value is -6.72. The highest BCUT2D eigenvalue weighted by Crippen LogP contribution is 2.46. The Balaban J connectivity index is 1.29. The molecule has 0 aliphatic rings. The van der Waals surface area contributed by atoms with Crippen molar-refractivity contribution in [3.05, 3.63) is 152 Å². The van der Waals surface area contributed by atoms with Crippen LogP contribution in [0.25, 0.3) is 105 Å². The van der Waals surface area contributed by atoms with Gasteiger partial charge in [0.15, 0.2) is 11.2 Å². The van der Waals surface area contributed by atoms with Crippen LogP contribution in [0.3, 0.4) is 0 Å². The summed E-state index contributed by atoms with van der Waals surface area (Å²) < 4.78 is 15.5. The molecule has 4 aromatic heterocycles. The Morgan fingerprint density at radius 3 is 1.73 bits per heavy atom. The predicted molar refractivity (Wildman–Crippen MR) is 199 cm³/mol. The Bertz CT molecular complexity index is 3090. The van der Waals surface area contributed by atoms with Crippen LogP contribution in [-0.4, -0.2) is 14.5 Å². The summed E-state index contributed by atoms with van der Waals surface area (Å²) in [7, 11) is 0. The van der Waals surface area contributed by atoms with E-state index in [1.807, 2.05) is 36.4 Å². The standard InChI is InChI=1S/C44H25N3O2/c1-2-12-26(13-3-1)27-22-24-28(25-23-27)39-43-40(33-18-8-11-21-36(33)49-43)46-44(45-39)47-34-19-9-6-16-31(34)37-29-14-4-5-15-30(29)38-32-17-7-10-20-35(32)48-42(38)41(37)47/h1-25H. The van der Waals surface area contributed by atoms with Gasteiger partial charge in [0.25, 0.3) is 0 Å². The summed E-state index contributed by atoms with van der Waals surface area (Å²) in [6, 6.07) is 52.4. The van der Waals surface area contributed by atoms with Crippen LogP contribution in [0.1, 0.15) is 0 Å². The zero-order valence-corrected chi connectivity index (χ0v) is 26.1. The first-order valence-corrected chi connectivity index (χ1v) is 16.4. The van der Waals surface area contributed by atoms with E-state index in [9.17, 15) is 0 Å². The van der Waals surface area contributed by atoms with Crippen molar-refractivity contribution in [2.75, 3.05) is 0 Å². The van der Waals surface area contributed by atoms with Gasteiger partial charge in [-0.1, -0.05) is 127 Å². The number of nitrogens with zero attached hydrogens (tertiary/aromatic N) is 3. The molecule has 0 saturated carbocycles. The zero-order valence-electron chi connectivity index (χ0n) is 26.1. The fourth-order valence-electron chi connectivity index (χ4n) is 7.66. The molecule has 0 aliphatic carbocycles. The van der Waals surface area contributed by atoms with Crippen LogP contribution >= 0.6 is 0 Å². The van der Waals surface area contributed by atoms with E-state index < -0.39 is 0 Å². The molecule has 0 fully saturated rings. The number of rotatable bonds is 3. The number of fused-ring (bicyclic) bond motifs is 13. The van der Waals surface area contributed by atoms with E-state index in [1.54, 1.807) is 0 Å². The van der Waals surface area contributed by atoms with E-state index in [1.165, 1.54) is 5.56 Å². The summed E-state index contributed by atoms with van der Waals surface area (Å²) in [6.07, 6.45) is 0. The van der Waals surface area contributed by atoms with Gasteiger partial charge in [0, 0.05) is 32.5 Å². The number of hydrogen-bond acceptors (Lipinski definition) is 4. The van der Waals surface area contributed by atoms with E-state index >= 15 is 0 Å². The molecule has 11 rings (SSSR count). The van der Waals surface area contributed by atoms with Crippen molar-refractivity contribution < 1.29 is 8.83 Å². The van der Waals surface area contributed by atoms with Gasteiger partial charge >= 0.3 is 0 Å². The van der Waals surface area contributed by atoms with Crippen LogP contribution < -0.4 is 0 Å². The molecule has 4 heterocycles. The molecule has 11 aromatic rings. The molecular weight excluding hydrogens is 603 g/mol. The van der Waals surface area contributed by atoms with E-state index in [4.69, 9.17) is 18.8 Å². The smallest absolute Gasteiger partial charge is 0.236 e. The molecule has 0 N–H and O–H groups in total. The molecule has 0 atom stereocenters. The second kappa shape index (κ2) is 9.89. The van der Waals surface area contributed by atoms with Crippen LogP contribution in [0.5, 0.6) is 0 Å². The van der Waals surface area contributed by atoms with E-state index in [0.29, 0.717) is 11.5 Å². The highest BCUT2D eigenvalue weighted by molar-refractivity contribution is 6.35. The lowest BCUT2D eigenvalue weighted by Crippen LogP contribution is -2.03. The molecular formula is C44H25N3O2. The lowest BCUT2D eigenvalue weighted by Gasteiger charge is -2.11. The summed E-state index contributed by atoms with van der Waals surface area (Å²) in [5.41, 5.74) is 9.84. The molecule has 49 heavy (non-hydrogen) atoms. The predicted octanol–water partition coefficient (Wildman–Crippen LogP) is 11.9. The van der Waals surface area contributed by atoms with Gasteiger partial charge < -0.3 is 8.83 Å². The molecule has 0 spiro atoms. The lowest BCUT2D eigenvalue weighted by atomic mass is 9.99. The third kappa shape index (κ3) is 3.70. The maximum Gasteiger partial charge on any atom is 0.236 e. The Morgan fingerprint density at radius 2 is 0.959 bits per heavy atom. The molecule has 0 unspecified atom stereocenters. The zero-order chi connectivity index (χ0) is 32.1. The molecule has 5 heteroatoms. The average molecular weight is 628 g/mol. The number of aromatic nitrogens is 3. The second-order valence-corrected chi connectivity index (χ2v) is 12.5. The molecule has 0 bridgehead atoms. The van der Waals surface area contributed by atoms with Crippen LogP contribution in [0.4, 0.5) is 0 Å². The largest absolute Gasteiger partial charge is 0.454 e. The van der Waals surface area contributed by atoms with Gasteiger partial charge in [0.05, 0.1) is 5.52 Å². The molecule has 0 amide bonds. The van der Waals surface area contributed by atoms with Crippen molar-refractivity contribution >= 4 is 76.6 Å². The van der Waals surface area contributed by atoms with Crippen molar-refractivity contribution in [2.24, 2.45) is 0 Å². The highest BCUT2D eigenvalue weighted by Gasteiger charge is 2.25. The minimum Gasteiger partial charge on any atom is -0.454 e. The van der Waals surface area contributed by atoms with Crippen LogP contribution in [-0.2, 0) is 0 Å². The minimum atomic E-state index is 0.560. The third-order valence-corrected chi connectivity index (χ3v) is 9.82. The van der Waals surface area contributed by atoms with Gasteiger partial charge in [-0.25, -0.2) is 9.97 Å². The lowest BCUT2D eigenvalue weighted by molar-refractivity contribution is 0.666. The highest BCUT2D eigenvalue weighted by atomic mass is 16.3. The van der Waals surface area contributed by atoms with Gasteiger partial charge in [-0.2, -0.15) is 0 Å². The fraction of sp³-hybridized carbons (Fsp3) is 0. The fourth-order valence-corrected chi connectivity index (χ4v) is 7.66. The average Bonchev–Trinajstić information content (AvgIpc) is 3.85. The maximum absolute atomic E-state index is 6.78. The van der Waals surface area contributed by atoms with E-state index in [2.05, 4.69) is 120 Å². The van der Waals surface area contributed by atoms with Gasteiger partial charge in [0.1, 0.15) is 27.9 Å². The summed E-state index contributed by atoms with van der Waals surface area (Å²) >= 11 is 0. The van der Waals surface area contributed by atoms with E-state index in [0.717, 1.165) is 87.8 Å². The third-order valence-electron chi connectivity index (χ3n) is 9.82. The van der Waals surface area contributed by atoms with Crippen molar-refractivity contribution in [1.82, 2.24) is 14.5 Å². The topological polar surface area (TPSA) is 57.0 Å². The number of para-hydroxylation sites is 3. The maximum atomic E-state index is 6.78. The number of furan rings is 2. The summed E-state index contributed by atoms with van der Waals surface area (Å²) in [5.74, 6) is 0.560. The molecule has 7 aromatic carbocycles. The van der Waals surface area contributed by atoms with E-state index in [-0.39, 0.29) is 0 Å². The summed E-state index contributed by atoms with van der Waals surface area (Å²) in [4.78, 5) is 10.7. The van der Waals surface area contributed by atoms with Crippen LogP contribution in [0, 0.1) is 0 Å². The molecule has 228 valence electrons. The Labute approximate surface area is 279 Å². The number of hydrogen-bond donors (Lipinski definition) is 0. The Kier molecular flexibility index (Phi) is 5.32. The van der Waals surface area contributed by atoms with Crippen molar-refractivity contribution in [2.45, 2.75) is 0 Å². The Morgan fingerprint density at radius 1 is 0.408 bits per heavy atom. The molecule has 5 nitrogen and oxygen atoms in total. The first kappa shape index (κ1) is 26.4. The quantitative estimate of drug-likeness (QED) is 0.196. The van der Waals surface area contributed by atoms with Crippen molar-refractivity contribution in [3.63, 3.8) is 0 Å².